The number of benzene rings is 3. The predicted molar refractivity (Wildman–Crippen MR) is 130 cm³/mol. The molecule has 1 heterocycles. The van der Waals surface area contributed by atoms with Crippen molar-refractivity contribution in [2.75, 3.05) is 5.32 Å². The maximum absolute atomic E-state index is 14.0. The third kappa shape index (κ3) is 6.23. The Bertz CT molecular complexity index is 1520. The summed E-state index contributed by atoms with van der Waals surface area (Å²) >= 11 is 3.42. The van der Waals surface area contributed by atoms with E-state index >= 15 is 0 Å². The summed E-state index contributed by atoms with van der Waals surface area (Å²) in [4.78, 5) is 8.48. The van der Waals surface area contributed by atoms with Crippen LogP contribution in [0, 0.1) is 5.82 Å². The summed E-state index contributed by atoms with van der Waals surface area (Å²) in [5.74, 6) is -0.945. The standard InChI is InChI=1S/C24H16BrF4N3O2S/c25-18-5-8-22-20(12-18)23(31-14-30-22)32-19-6-1-15(2-7-19)13-35(33,34)10-9-16-3-4-17(11-21(16)26)24(27,28)29/h1-12,14H,13H2,(H,30,31,32)/b10-9+. The molecule has 0 fully saturated rings. The molecule has 11 heteroatoms. The van der Waals surface area contributed by atoms with Crippen LogP contribution in [0.1, 0.15) is 16.7 Å². The fraction of sp³-hybridized carbons (Fsp3) is 0.0833. The molecule has 5 nitrogen and oxygen atoms in total. The number of aromatic nitrogens is 2. The van der Waals surface area contributed by atoms with Gasteiger partial charge in [0.25, 0.3) is 0 Å². The van der Waals surface area contributed by atoms with Crippen molar-refractivity contribution in [3.8, 4) is 0 Å². The second kappa shape index (κ2) is 9.74. The number of fused-ring (bicyclic) bond motifs is 1. The summed E-state index contributed by atoms with van der Waals surface area (Å²) in [6.45, 7) is 0. The molecule has 0 unspecified atom stereocenters. The summed E-state index contributed by atoms with van der Waals surface area (Å²) in [7, 11) is -3.81. The van der Waals surface area contributed by atoms with Gasteiger partial charge in [-0.25, -0.2) is 22.8 Å². The van der Waals surface area contributed by atoms with Gasteiger partial charge in [-0.15, -0.1) is 0 Å². The van der Waals surface area contributed by atoms with E-state index in [-0.39, 0.29) is 11.3 Å². The van der Waals surface area contributed by atoms with Gasteiger partial charge in [0, 0.05) is 26.5 Å². The molecule has 3 aromatic carbocycles. The number of sulfone groups is 1. The SMILES string of the molecule is O=S(=O)(/C=C/c1ccc(C(F)(F)F)cc1F)Cc1ccc(Nc2ncnc3ccc(Br)cc23)cc1. The van der Waals surface area contributed by atoms with Crippen LogP contribution < -0.4 is 5.32 Å². The van der Waals surface area contributed by atoms with Crippen LogP contribution in [0.2, 0.25) is 0 Å². The average molecular weight is 566 g/mol. The summed E-state index contributed by atoms with van der Waals surface area (Å²) in [6, 6.07) is 14.1. The topological polar surface area (TPSA) is 72.0 Å². The van der Waals surface area contributed by atoms with Crippen molar-refractivity contribution in [3.05, 3.63) is 99.4 Å². The van der Waals surface area contributed by atoms with E-state index in [2.05, 4.69) is 31.2 Å². The average Bonchev–Trinajstić information content (AvgIpc) is 2.79. The lowest BCUT2D eigenvalue weighted by atomic mass is 10.1. The number of nitrogens with zero attached hydrogens (tertiary/aromatic N) is 2. The molecule has 0 aliphatic rings. The van der Waals surface area contributed by atoms with Crippen LogP contribution in [-0.4, -0.2) is 18.4 Å². The van der Waals surface area contributed by atoms with Crippen molar-refractivity contribution in [1.29, 1.82) is 0 Å². The largest absolute Gasteiger partial charge is 0.416 e. The number of rotatable bonds is 6. The van der Waals surface area contributed by atoms with Crippen LogP contribution in [0.25, 0.3) is 17.0 Å². The molecule has 1 N–H and O–H groups in total. The number of hydrogen-bond donors (Lipinski definition) is 1. The first-order valence-corrected chi connectivity index (χ1v) is 12.5. The van der Waals surface area contributed by atoms with Gasteiger partial charge in [-0.3, -0.25) is 0 Å². The quantitative estimate of drug-likeness (QED) is 0.258. The van der Waals surface area contributed by atoms with Crippen LogP contribution in [0.3, 0.4) is 0 Å². The zero-order chi connectivity index (χ0) is 25.2. The van der Waals surface area contributed by atoms with E-state index in [1.807, 2.05) is 18.2 Å². The maximum atomic E-state index is 14.0. The van der Waals surface area contributed by atoms with Crippen molar-refractivity contribution in [2.24, 2.45) is 0 Å². The fourth-order valence-electron chi connectivity index (χ4n) is 3.25. The zero-order valence-electron chi connectivity index (χ0n) is 17.7. The first kappa shape index (κ1) is 24.8. The Morgan fingerprint density at radius 1 is 0.971 bits per heavy atom. The van der Waals surface area contributed by atoms with Gasteiger partial charge in [0.05, 0.1) is 16.8 Å². The van der Waals surface area contributed by atoms with Crippen molar-refractivity contribution >= 4 is 54.3 Å². The van der Waals surface area contributed by atoms with Crippen molar-refractivity contribution in [2.45, 2.75) is 11.9 Å². The molecule has 0 amide bonds. The molecular weight excluding hydrogens is 550 g/mol. The molecular formula is C24H16BrF4N3O2S. The second-order valence-corrected chi connectivity index (χ2v) is 10.4. The third-order valence-corrected chi connectivity index (χ3v) is 6.74. The summed E-state index contributed by atoms with van der Waals surface area (Å²) < 4.78 is 77.7. The molecule has 4 aromatic rings. The highest BCUT2D eigenvalue weighted by atomic mass is 79.9. The number of alkyl halides is 3. The molecule has 0 atom stereocenters. The van der Waals surface area contributed by atoms with E-state index in [9.17, 15) is 26.0 Å². The zero-order valence-corrected chi connectivity index (χ0v) is 20.1. The lowest BCUT2D eigenvalue weighted by Gasteiger charge is -2.09. The van der Waals surface area contributed by atoms with Crippen LogP contribution in [0.15, 0.2) is 76.9 Å². The van der Waals surface area contributed by atoms with Gasteiger partial charge in [0.1, 0.15) is 18.0 Å². The Morgan fingerprint density at radius 3 is 2.40 bits per heavy atom. The smallest absolute Gasteiger partial charge is 0.340 e. The molecule has 35 heavy (non-hydrogen) atoms. The van der Waals surface area contributed by atoms with E-state index in [0.29, 0.717) is 29.2 Å². The van der Waals surface area contributed by atoms with E-state index in [4.69, 9.17) is 0 Å². The first-order valence-electron chi connectivity index (χ1n) is 10.0. The van der Waals surface area contributed by atoms with Crippen LogP contribution in [0.5, 0.6) is 0 Å². The predicted octanol–water partition coefficient (Wildman–Crippen LogP) is 6.88. The van der Waals surface area contributed by atoms with Gasteiger partial charge < -0.3 is 5.32 Å². The van der Waals surface area contributed by atoms with E-state index in [0.717, 1.165) is 32.9 Å². The van der Waals surface area contributed by atoms with Gasteiger partial charge in [-0.1, -0.05) is 34.1 Å². The number of nitrogens with one attached hydrogen (secondary N) is 1. The second-order valence-electron chi connectivity index (χ2n) is 7.55. The molecule has 0 spiro atoms. The minimum Gasteiger partial charge on any atom is -0.340 e. The van der Waals surface area contributed by atoms with Gasteiger partial charge in [-0.2, -0.15) is 13.2 Å². The van der Waals surface area contributed by atoms with Crippen LogP contribution in [0.4, 0.5) is 29.1 Å². The molecule has 0 saturated heterocycles. The number of hydrogen-bond acceptors (Lipinski definition) is 5. The highest BCUT2D eigenvalue weighted by Gasteiger charge is 2.31. The molecule has 0 aliphatic heterocycles. The molecule has 0 radical (unpaired) electrons. The van der Waals surface area contributed by atoms with E-state index in [1.165, 1.54) is 6.33 Å². The van der Waals surface area contributed by atoms with Gasteiger partial charge in [-0.05, 0) is 54.1 Å². The highest BCUT2D eigenvalue weighted by molar-refractivity contribution is 9.10. The Kier molecular flexibility index (Phi) is 6.91. The Morgan fingerprint density at radius 2 is 1.71 bits per heavy atom. The molecule has 0 aliphatic carbocycles. The molecule has 0 saturated carbocycles. The maximum Gasteiger partial charge on any atom is 0.416 e. The van der Waals surface area contributed by atoms with Crippen molar-refractivity contribution in [1.82, 2.24) is 9.97 Å². The molecule has 1 aromatic heterocycles. The molecule has 180 valence electrons. The summed E-state index contributed by atoms with van der Waals surface area (Å²) in [6.07, 6.45) is -2.31. The van der Waals surface area contributed by atoms with E-state index < -0.39 is 27.4 Å². The fourth-order valence-corrected chi connectivity index (χ4v) is 4.71. The minimum atomic E-state index is -4.69. The van der Waals surface area contributed by atoms with Gasteiger partial charge in [0.2, 0.25) is 0 Å². The van der Waals surface area contributed by atoms with Gasteiger partial charge >= 0.3 is 6.18 Å². The minimum absolute atomic E-state index is 0.259. The molecule has 4 rings (SSSR count). The Labute approximate surface area is 206 Å². The molecule has 0 bridgehead atoms. The van der Waals surface area contributed by atoms with Crippen molar-refractivity contribution in [3.63, 3.8) is 0 Å². The monoisotopic (exact) mass is 565 g/mol. The normalized spacial score (nSPS) is 12.4. The first-order chi connectivity index (χ1) is 16.5. The summed E-state index contributed by atoms with van der Waals surface area (Å²) in [5.41, 5.74) is 0.498. The lowest BCUT2D eigenvalue weighted by molar-refractivity contribution is -0.137. The Hall–Kier alpha value is -3.31. The third-order valence-electron chi connectivity index (χ3n) is 4.96. The van der Waals surface area contributed by atoms with E-state index in [1.54, 1.807) is 24.3 Å². The van der Waals surface area contributed by atoms with Gasteiger partial charge in [0.15, 0.2) is 9.84 Å². The number of halogens is 5. The lowest BCUT2D eigenvalue weighted by Crippen LogP contribution is -2.05. The van der Waals surface area contributed by atoms with Crippen LogP contribution >= 0.6 is 15.9 Å². The summed E-state index contributed by atoms with van der Waals surface area (Å²) in [5, 5.41) is 4.76. The highest BCUT2D eigenvalue weighted by Crippen LogP contribution is 2.30. The van der Waals surface area contributed by atoms with Crippen molar-refractivity contribution < 1.29 is 26.0 Å². The Balaban J connectivity index is 1.46. The number of anilines is 2. The van der Waals surface area contributed by atoms with Crippen LogP contribution in [-0.2, 0) is 21.8 Å².